The van der Waals surface area contributed by atoms with Crippen LogP contribution in [0.15, 0.2) is 107 Å². The standard InChI is InChI=1S/C33H25ClN4O4S2/c1-20-5-4-6-21(17-20)18-42-25-11-9-23(10-12-25)29(39)27-28(22-13-15-35-16-14-22)38(31(41)30(27)40)32-36-37-33(44-32)43-19-24-7-2-3-8-26(24)34/h2-17,28,39H,18-19H2,1H3/b29-27+. The van der Waals surface area contributed by atoms with Gasteiger partial charge in [-0.1, -0.05) is 82.7 Å². The molecule has 1 N–H and O–H groups in total. The summed E-state index contributed by atoms with van der Waals surface area (Å²) in [6.45, 7) is 2.41. The third kappa shape index (κ3) is 6.23. The number of Topliss-reactive ketones (excluding diaryl/α,β-unsaturated/α-hetero) is 1. The van der Waals surface area contributed by atoms with Crippen LogP contribution in [-0.4, -0.2) is 32.0 Å². The fraction of sp³-hybridized carbons (Fsp3) is 0.121. The molecular weight excluding hydrogens is 616 g/mol. The van der Waals surface area contributed by atoms with Crippen molar-refractivity contribution in [1.82, 2.24) is 15.2 Å². The number of carbonyl (C=O) groups is 2. The number of anilines is 1. The van der Waals surface area contributed by atoms with Crippen LogP contribution in [0.3, 0.4) is 0 Å². The maximum Gasteiger partial charge on any atom is 0.301 e. The van der Waals surface area contributed by atoms with Gasteiger partial charge in [-0.2, -0.15) is 0 Å². The number of aliphatic hydroxyl groups excluding tert-OH is 1. The van der Waals surface area contributed by atoms with Crippen molar-refractivity contribution in [2.45, 2.75) is 29.7 Å². The molecule has 0 spiro atoms. The lowest BCUT2D eigenvalue weighted by molar-refractivity contribution is -0.132. The molecule has 0 radical (unpaired) electrons. The van der Waals surface area contributed by atoms with E-state index in [-0.39, 0.29) is 16.5 Å². The van der Waals surface area contributed by atoms with Gasteiger partial charge in [0.25, 0.3) is 5.78 Å². The van der Waals surface area contributed by atoms with Crippen molar-refractivity contribution in [2.75, 3.05) is 4.90 Å². The van der Waals surface area contributed by atoms with Crippen molar-refractivity contribution in [1.29, 1.82) is 0 Å². The van der Waals surface area contributed by atoms with E-state index in [1.54, 1.807) is 48.8 Å². The molecule has 2 aromatic heterocycles. The molecule has 44 heavy (non-hydrogen) atoms. The minimum absolute atomic E-state index is 0.0462. The monoisotopic (exact) mass is 640 g/mol. The second kappa shape index (κ2) is 13.0. The first-order chi connectivity index (χ1) is 21.4. The second-order valence-electron chi connectivity index (χ2n) is 9.98. The number of hydrogen-bond donors (Lipinski definition) is 1. The lowest BCUT2D eigenvalue weighted by Gasteiger charge is -2.22. The average Bonchev–Trinajstić information content (AvgIpc) is 3.61. The summed E-state index contributed by atoms with van der Waals surface area (Å²) in [5.74, 6) is -0.749. The summed E-state index contributed by atoms with van der Waals surface area (Å²) in [5.41, 5.74) is 4.05. The molecular formula is C33H25ClN4O4S2. The van der Waals surface area contributed by atoms with Crippen LogP contribution in [0.5, 0.6) is 5.75 Å². The van der Waals surface area contributed by atoms with Crippen LogP contribution in [0.25, 0.3) is 5.76 Å². The minimum atomic E-state index is -0.926. The number of nitrogens with zero attached hydrogens (tertiary/aromatic N) is 4. The average molecular weight is 641 g/mol. The molecule has 1 aliphatic heterocycles. The molecule has 8 nitrogen and oxygen atoms in total. The van der Waals surface area contributed by atoms with Gasteiger partial charge in [0, 0.05) is 28.7 Å². The quantitative estimate of drug-likeness (QED) is 0.0584. The fourth-order valence-corrected chi connectivity index (χ4v) is 6.99. The highest BCUT2D eigenvalue weighted by Crippen LogP contribution is 2.44. The second-order valence-corrected chi connectivity index (χ2v) is 12.6. The molecule has 5 aromatic rings. The fourth-order valence-electron chi connectivity index (χ4n) is 4.84. The molecule has 1 fully saturated rings. The molecule has 6 rings (SSSR count). The number of halogens is 1. The molecule has 3 heterocycles. The van der Waals surface area contributed by atoms with E-state index in [1.807, 2.05) is 49.4 Å². The van der Waals surface area contributed by atoms with Gasteiger partial charge in [-0.3, -0.25) is 19.5 Å². The summed E-state index contributed by atoms with van der Waals surface area (Å²) in [7, 11) is 0. The molecule has 0 aliphatic carbocycles. The number of thioether (sulfide) groups is 1. The highest BCUT2D eigenvalue weighted by molar-refractivity contribution is 8.00. The van der Waals surface area contributed by atoms with E-state index in [4.69, 9.17) is 16.3 Å². The summed E-state index contributed by atoms with van der Waals surface area (Å²) in [6.07, 6.45) is 3.14. The number of amides is 1. The van der Waals surface area contributed by atoms with Crippen LogP contribution in [0.1, 0.15) is 33.9 Å². The van der Waals surface area contributed by atoms with E-state index in [2.05, 4.69) is 21.2 Å². The highest BCUT2D eigenvalue weighted by Gasteiger charge is 2.48. The molecule has 1 atom stereocenters. The van der Waals surface area contributed by atoms with Gasteiger partial charge in [-0.05, 0) is 66.1 Å². The molecule has 1 unspecified atom stereocenters. The van der Waals surface area contributed by atoms with E-state index in [1.165, 1.54) is 28.0 Å². The maximum atomic E-state index is 13.5. The smallest absolute Gasteiger partial charge is 0.301 e. The van der Waals surface area contributed by atoms with Crippen molar-refractivity contribution in [3.05, 3.63) is 136 Å². The van der Waals surface area contributed by atoms with Gasteiger partial charge in [-0.15, -0.1) is 10.2 Å². The van der Waals surface area contributed by atoms with E-state index >= 15 is 0 Å². The van der Waals surface area contributed by atoms with Crippen molar-refractivity contribution in [3.63, 3.8) is 0 Å². The van der Waals surface area contributed by atoms with Gasteiger partial charge >= 0.3 is 5.91 Å². The van der Waals surface area contributed by atoms with Gasteiger partial charge in [0.15, 0.2) is 4.34 Å². The van der Waals surface area contributed by atoms with Crippen molar-refractivity contribution < 1.29 is 19.4 Å². The maximum absolute atomic E-state index is 13.5. The third-order valence-electron chi connectivity index (χ3n) is 6.99. The van der Waals surface area contributed by atoms with Crippen LogP contribution in [-0.2, 0) is 21.9 Å². The number of hydrogen-bond acceptors (Lipinski definition) is 9. The number of carbonyl (C=O) groups excluding carboxylic acids is 2. The Bertz CT molecular complexity index is 1860. The lowest BCUT2D eigenvalue weighted by Crippen LogP contribution is -2.29. The van der Waals surface area contributed by atoms with E-state index in [0.717, 1.165) is 16.7 Å². The first-order valence-corrected chi connectivity index (χ1v) is 15.8. The van der Waals surface area contributed by atoms with Gasteiger partial charge in [0.05, 0.1) is 11.6 Å². The zero-order valence-corrected chi connectivity index (χ0v) is 25.8. The van der Waals surface area contributed by atoms with E-state index in [0.29, 0.717) is 38.6 Å². The topological polar surface area (TPSA) is 106 Å². The zero-order valence-electron chi connectivity index (χ0n) is 23.4. The molecule has 1 saturated heterocycles. The van der Waals surface area contributed by atoms with Crippen LogP contribution >= 0.6 is 34.7 Å². The Labute approximate surface area is 267 Å². The number of ketones is 1. The molecule has 1 aliphatic rings. The molecule has 0 saturated carbocycles. The molecule has 0 bridgehead atoms. The zero-order chi connectivity index (χ0) is 30.6. The molecule has 220 valence electrons. The summed E-state index contributed by atoms with van der Waals surface area (Å²) in [4.78, 5) is 32.3. The summed E-state index contributed by atoms with van der Waals surface area (Å²) in [6, 6.07) is 24.8. The van der Waals surface area contributed by atoms with Gasteiger partial charge < -0.3 is 9.84 Å². The number of aromatic nitrogens is 3. The predicted molar refractivity (Wildman–Crippen MR) is 172 cm³/mol. The van der Waals surface area contributed by atoms with Crippen molar-refractivity contribution in [3.8, 4) is 5.75 Å². The summed E-state index contributed by atoms with van der Waals surface area (Å²) >= 11 is 8.91. The van der Waals surface area contributed by atoms with Gasteiger partial charge in [-0.25, -0.2) is 0 Å². The highest BCUT2D eigenvalue weighted by atomic mass is 35.5. The number of benzene rings is 3. The van der Waals surface area contributed by atoms with Crippen LogP contribution in [0.4, 0.5) is 5.13 Å². The molecule has 1 amide bonds. The Hall–Kier alpha value is -4.51. The Morgan fingerprint density at radius 2 is 1.77 bits per heavy atom. The lowest BCUT2D eigenvalue weighted by atomic mass is 9.96. The van der Waals surface area contributed by atoms with Crippen LogP contribution in [0.2, 0.25) is 5.02 Å². The first-order valence-electron chi connectivity index (χ1n) is 13.6. The SMILES string of the molecule is Cc1cccc(COc2ccc(/C(O)=C3\C(=O)C(=O)N(c4nnc(SCc5ccccc5Cl)s4)C3c3ccncc3)cc2)c1. The summed E-state index contributed by atoms with van der Waals surface area (Å²) in [5, 5.41) is 20.9. The van der Waals surface area contributed by atoms with Crippen LogP contribution < -0.4 is 9.64 Å². The number of rotatable bonds is 9. The third-order valence-corrected chi connectivity index (χ3v) is 9.47. The number of aryl methyl sites for hydroxylation is 1. The van der Waals surface area contributed by atoms with Crippen LogP contribution in [0, 0.1) is 6.92 Å². The largest absolute Gasteiger partial charge is 0.507 e. The van der Waals surface area contributed by atoms with Gasteiger partial charge in [0.1, 0.15) is 18.1 Å². The van der Waals surface area contributed by atoms with Gasteiger partial charge in [0.2, 0.25) is 5.13 Å². The predicted octanol–water partition coefficient (Wildman–Crippen LogP) is 7.39. The molecule has 3 aromatic carbocycles. The van der Waals surface area contributed by atoms with Crippen molar-refractivity contribution in [2.24, 2.45) is 0 Å². The Kier molecular flexibility index (Phi) is 8.74. The summed E-state index contributed by atoms with van der Waals surface area (Å²) < 4.78 is 6.52. The Morgan fingerprint density at radius 3 is 2.52 bits per heavy atom. The number of aliphatic hydroxyl groups is 1. The Balaban J connectivity index is 1.28. The Morgan fingerprint density at radius 1 is 1.00 bits per heavy atom. The van der Waals surface area contributed by atoms with E-state index in [9.17, 15) is 14.7 Å². The number of pyridine rings is 1. The van der Waals surface area contributed by atoms with E-state index < -0.39 is 17.7 Å². The molecule has 11 heteroatoms. The number of ether oxygens (including phenoxy) is 1. The normalized spacial score (nSPS) is 16.0. The minimum Gasteiger partial charge on any atom is -0.507 e. The van der Waals surface area contributed by atoms with Crippen molar-refractivity contribution >= 4 is 57.3 Å². The first kappa shape index (κ1) is 29.6.